The van der Waals surface area contributed by atoms with Crippen LogP contribution in [0, 0.1) is 11.8 Å². The lowest BCUT2D eigenvalue weighted by atomic mass is 9.74. The third kappa shape index (κ3) is 2.92. The molecule has 7 heteroatoms. The minimum absolute atomic E-state index is 0.0767. The lowest BCUT2D eigenvalue weighted by Gasteiger charge is -2.34. The van der Waals surface area contributed by atoms with E-state index >= 15 is 0 Å². The molecule has 3 heterocycles. The minimum Gasteiger partial charge on any atom is -0.359 e. The van der Waals surface area contributed by atoms with Crippen molar-refractivity contribution in [3.63, 3.8) is 0 Å². The predicted octanol–water partition coefficient (Wildman–Crippen LogP) is 1.27. The van der Waals surface area contributed by atoms with Crippen molar-refractivity contribution in [1.82, 2.24) is 15.5 Å². The number of ether oxygens (including phenoxy) is 1. The summed E-state index contributed by atoms with van der Waals surface area (Å²) in [5, 5.41) is 6.19. The highest BCUT2D eigenvalue weighted by Gasteiger charge is 2.74. The summed E-state index contributed by atoms with van der Waals surface area (Å²) in [5.74, 6) is -1.56. The van der Waals surface area contributed by atoms with Gasteiger partial charge in [0.1, 0.15) is 11.6 Å². The van der Waals surface area contributed by atoms with Crippen molar-refractivity contribution in [3.8, 4) is 0 Å². The number of hydrogen-bond acceptors (Lipinski definition) is 4. The molecule has 0 aromatic carbocycles. The molecule has 2 N–H and O–H groups in total. The van der Waals surface area contributed by atoms with Gasteiger partial charge >= 0.3 is 0 Å². The number of hydrogen-bond donors (Lipinski definition) is 2. The molecule has 2 aliphatic carbocycles. The van der Waals surface area contributed by atoms with Crippen LogP contribution < -0.4 is 10.6 Å². The third-order valence-corrected chi connectivity index (χ3v) is 7.00. The molecule has 0 aromatic heterocycles. The van der Waals surface area contributed by atoms with Gasteiger partial charge in [-0.1, -0.05) is 25.0 Å². The Morgan fingerprint density at radius 3 is 2.45 bits per heavy atom. The minimum atomic E-state index is -1.03. The van der Waals surface area contributed by atoms with Gasteiger partial charge in [0.05, 0.1) is 17.9 Å². The Bertz CT molecular complexity index is 777. The number of carbonyl (C=O) groups is 3. The van der Waals surface area contributed by atoms with Gasteiger partial charge in [-0.2, -0.15) is 0 Å². The van der Waals surface area contributed by atoms with Crippen LogP contribution >= 0.6 is 0 Å². The van der Waals surface area contributed by atoms with Crippen LogP contribution in [0.25, 0.3) is 0 Å². The molecule has 4 fully saturated rings. The van der Waals surface area contributed by atoms with Crippen LogP contribution in [0.3, 0.4) is 0 Å². The topological polar surface area (TPSA) is 87.7 Å². The van der Waals surface area contributed by atoms with Crippen LogP contribution in [-0.4, -0.2) is 58.0 Å². The highest BCUT2D eigenvalue weighted by Crippen LogP contribution is 2.57. The molecule has 0 unspecified atom stereocenters. The molecule has 3 aliphatic heterocycles. The predicted molar refractivity (Wildman–Crippen MR) is 106 cm³/mol. The number of likely N-dealkylation sites (tertiary alicyclic amines) is 1. The Labute approximate surface area is 171 Å². The Balaban J connectivity index is 1.46. The van der Waals surface area contributed by atoms with Gasteiger partial charge in [-0.15, -0.1) is 0 Å². The van der Waals surface area contributed by atoms with Gasteiger partial charge in [-0.3, -0.25) is 14.4 Å². The second-order valence-electron chi connectivity index (χ2n) is 10.4. The SMILES string of the molecule is CC(C)(C)NC(=O)[C@@H]1N(C2CC2)C(=O)[C@H]2[C@@H](C(=O)NC3CCCC3)[C@H]3C=C[C@@]12O3. The molecule has 29 heavy (non-hydrogen) atoms. The van der Waals surface area contributed by atoms with E-state index in [2.05, 4.69) is 10.6 Å². The van der Waals surface area contributed by atoms with Gasteiger partial charge in [0.25, 0.3) is 0 Å². The first kappa shape index (κ1) is 19.1. The van der Waals surface area contributed by atoms with Crippen LogP contribution in [-0.2, 0) is 19.1 Å². The van der Waals surface area contributed by atoms with E-state index in [1.807, 2.05) is 32.9 Å². The zero-order valence-electron chi connectivity index (χ0n) is 17.4. The van der Waals surface area contributed by atoms with E-state index in [9.17, 15) is 14.4 Å². The third-order valence-electron chi connectivity index (χ3n) is 7.00. The summed E-state index contributed by atoms with van der Waals surface area (Å²) >= 11 is 0. The maximum Gasteiger partial charge on any atom is 0.246 e. The Morgan fingerprint density at radius 1 is 1.14 bits per heavy atom. The number of carbonyl (C=O) groups excluding carboxylic acids is 3. The number of nitrogens with one attached hydrogen (secondary N) is 2. The van der Waals surface area contributed by atoms with Gasteiger partial charge < -0.3 is 20.3 Å². The van der Waals surface area contributed by atoms with Crippen molar-refractivity contribution in [3.05, 3.63) is 12.2 Å². The van der Waals surface area contributed by atoms with Gasteiger partial charge in [0.15, 0.2) is 0 Å². The summed E-state index contributed by atoms with van der Waals surface area (Å²) in [6.07, 6.45) is 9.39. The first-order valence-corrected chi connectivity index (χ1v) is 11.0. The first-order chi connectivity index (χ1) is 13.7. The summed E-state index contributed by atoms with van der Waals surface area (Å²) in [6, 6.07) is -0.442. The average molecular weight is 402 g/mol. The maximum atomic E-state index is 13.5. The quantitative estimate of drug-likeness (QED) is 0.695. The molecule has 5 rings (SSSR count). The molecule has 1 spiro atoms. The highest BCUT2D eigenvalue weighted by atomic mass is 16.5. The van der Waals surface area contributed by atoms with E-state index in [0.717, 1.165) is 38.5 Å². The highest BCUT2D eigenvalue weighted by molar-refractivity contribution is 6.00. The van der Waals surface area contributed by atoms with Crippen LogP contribution in [0.1, 0.15) is 59.3 Å². The van der Waals surface area contributed by atoms with Gasteiger partial charge in [-0.05, 0) is 46.5 Å². The number of rotatable bonds is 4. The molecule has 158 valence electrons. The number of amides is 3. The number of fused-ring (bicyclic) bond motifs is 1. The molecule has 5 aliphatic rings. The Kier molecular flexibility index (Phi) is 4.15. The van der Waals surface area contributed by atoms with Crippen molar-refractivity contribution in [2.24, 2.45) is 11.8 Å². The fourth-order valence-corrected chi connectivity index (χ4v) is 5.76. The summed E-state index contributed by atoms with van der Waals surface area (Å²) in [4.78, 5) is 41.8. The molecular formula is C22H31N3O4. The second-order valence-corrected chi connectivity index (χ2v) is 10.4. The summed E-state index contributed by atoms with van der Waals surface area (Å²) < 4.78 is 6.31. The summed E-state index contributed by atoms with van der Waals surface area (Å²) in [7, 11) is 0. The van der Waals surface area contributed by atoms with E-state index in [-0.39, 0.29) is 29.8 Å². The van der Waals surface area contributed by atoms with Crippen molar-refractivity contribution in [2.75, 3.05) is 0 Å². The average Bonchev–Trinajstić information content (AvgIpc) is 2.99. The van der Waals surface area contributed by atoms with Crippen LogP contribution in [0.4, 0.5) is 0 Å². The molecule has 2 saturated carbocycles. The standard InChI is InChI=1S/C22H31N3O4/c1-21(2,3)24-19(27)17-22-11-10-14(29-22)15(18(26)23-12-6-4-5-7-12)16(22)20(28)25(17)13-8-9-13/h10-17H,4-9H2,1-3H3,(H,23,26)(H,24,27)/t14-,15+,16-,17+,22+/m1/s1. The van der Waals surface area contributed by atoms with E-state index in [1.54, 1.807) is 4.90 Å². The van der Waals surface area contributed by atoms with Gasteiger partial charge in [-0.25, -0.2) is 0 Å². The van der Waals surface area contributed by atoms with Crippen molar-refractivity contribution < 1.29 is 19.1 Å². The van der Waals surface area contributed by atoms with Gasteiger partial charge in [0.2, 0.25) is 17.7 Å². The van der Waals surface area contributed by atoms with Crippen molar-refractivity contribution in [2.45, 2.75) is 94.7 Å². The zero-order chi connectivity index (χ0) is 20.6. The van der Waals surface area contributed by atoms with E-state index in [4.69, 9.17) is 4.74 Å². The summed E-state index contributed by atoms with van der Waals surface area (Å²) in [6.45, 7) is 5.79. The molecular weight excluding hydrogens is 370 g/mol. The maximum absolute atomic E-state index is 13.5. The largest absolute Gasteiger partial charge is 0.359 e. The normalized spacial score (nSPS) is 38.6. The molecule has 3 amide bonds. The lowest BCUT2D eigenvalue weighted by Crippen LogP contribution is -2.58. The molecule has 2 bridgehead atoms. The number of nitrogens with zero attached hydrogens (tertiary/aromatic N) is 1. The monoisotopic (exact) mass is 401 g/mol. The fourth-order valence-electron chi connectivity index (χ4n) is 5.76. The molecule has 2 saturated heterocycles. The van der Waals surface area contributed by atoms with Crippen LogP contribution in [0.2, 0.25) is 0 Å². The Hall–Kier alpha value is -1.89. The molecule has 0 radical (unpaired) electrons. The molecule has 5 atom stereocenters. The van der Waals surface area contributed by atoms with E-state index in [0.29, 0.717) is 0 Å². The molecule has 7 nitrogen and oxygen atoms in total. The van der Waals surface area contributed by atoms with Crippen LogP contribution in [0.15, 0.2) is 12.2 Å². The smallest absolute Gasteiger partial charge is 0.246 e. The van der Waals surface area contributed by atoms with Crippen molar-refractivity contribution in [1.29, 1.82) is 0 Å². The van der Waals surface area contributed by atoms with E-state index in [1.165, 1.54) is 0 Å². The second kappa shape index (κ2) is 6.30. The lowest BCUT2D eigenvalue weighted by molar-refractivity contribution is -0.143. The Morgan fingerprint density at radius 2 is 1.83 bits per heavy atom. The van der Waals surface area contributed by atoms with Gasteiger partial charge in [0, 0.05) is 17.6 Å². The zero-order valence-corrected chi connectivity index (χ0v) is 17.4. The van der Waals surface area contributed by atoms with Crippen molar-refractivity contribution >= 4 is 17.7 Å². The fraction of sp³-hybridized carbons (Fsp3) is 0.773. The van der Waals surface area contributed by atoms with E-state index < -0.39 is 35.1 Å². The summed E-state index contributed by atoms with van der Waals surface area (Å²) in [5.41, 5.74) is -1.44. The van der Waals surface area contributed by atoms with Crippen LogP contribution in [0.5, 0.6) is 0 Å². The molecule has 0 aromatic rings. The first-order valence-electron chi connectivity index (χ1n) is 11.0.